The van der Waals surface area contributed by atoms with E-state index < -0.39 is 0 Å². The van der Waals surface area contributed by atoms with Crippen LogP contribution in [0.3, 0.4) is 0 Å². The molecular formula is C10H14O. The van der Waals surface area contributed by atoms with Crippen LogP contribution in [0.2, 0.25) is 0 Å². The van der Waals surface area contributed by atoms with Gasteiger partial charge in [-0.15, -0.1) is 0 Å². The quantitative estimate of drug-likeness (QED) is 0.414. The molecule has 0 aromatic heterocycles. The van der Waals surface area contributed by atoms with Gasteiger partial charge in [-0.3, -0.25) is 4.79 Å². The lowest BCUT2D eigenvalue weighted by atomic mass is 9.82. The van der Waals surface area contributed by atoms with Crippen molar-refractivity contribution in [2.75, 3.05) is 0 Å². The molecule has 0 aromatic rings. The van der Waals surface area contributed by atoms with E-state index in [9.17, 15) is 4.79 Å². The highest BCUT2D eigenvalue weighted by molar-refractivity contribution is 5.95. The van der Waals surface area contributed by atoms with Crippen LogP contribution in [0.1, 0.15) is 26.2 Å². The molecule has 11 heavy (non-hydrogen) atoms. The van der Waals surface area contributed by atoms with E-state index in [1.165, 1.54) is 0 Å². The maximum absolute atomic E-state index is 11.2. The molecule has 0 bridgehead atoms. The number of ketones is 1. The van der Waals surface area contributed by atoms with Gasteiger partial charge in [-0.25, -0.2) is 0 Å². The normalized spacial score (nSPS) is 25.4. The number of hydrogen-bond donors (Lipinski definition) is 0. The molecule has 1 heteroatoms. The van der Waals surface area contributed by atoms with Gasteiger partial charge in [0.2, 0.25) is 0 Å². The van der Waals surface area contributed by atoms with Crippen LogP contribution < -0.4 is 0 Å². The lowest BCUT2D eigenvalue weighted by molar-refractivity contribution is -0.117. The van der Waals surface area contributed by atoms with Crippen molar-refractivity contribution in [3.8, 4) is 0 Å². The average Bonchev–Trinajstić information content (AvgIpc) is 1.94. The van der Waals surface area contributed by atoms with Crippen LogP contribution in [0.5, 0.6) is 0 Å². The Labute approximate surface area is 67.8 Å². The van der Waals surface area contributed by atoms with E-state index in [-0.39, 0.29) is 5.78 Å². The van der Waals surface area contributed by atoms with Gasteiger partial charge in [-0.1, -0.05) is 18.7 Å². The van der Waals surface area contributed by atoms with Crippen molar-refractivity contribution in [1.29, 1.82) is 0 Å². The predicted octanol–water partition coefficient (Wildman–Crippen LogP) is 2.49. The first kappa shape index (κ1) is 8.25. The molecule has 1 aliphatic carbocycles. The van der Waals surface area contributed by atoms with Crippen molar-refractivity contribution < 1.29 is 4.79 Å². The monoisotopic (exact) mass is 150 g/mol. The lowest BCUT2D eigenvalue weighted by Crippen LogP contribution is -2.17. The fourth-order valence-corrected chi connectivity index (χ4v) is 1.38. The van der Waals surface area contributed by atoms with E-state index in [1.54, 1.807) is 0 Å². The summed E-state index contributed by atoms with van der Waals surface area (Å²) >= 11 is 0. The Kier molecular flexibility index (Phi) is 2.28. The second kappa shape index (κ2) is 3.04. The zero-order valence-electron chi connectivity index (χ0n) is 7.02. The maximum atomic E-state index is 11.2. The van der Waals surface area contributed by atoms with Gasteiger partial charge in [0.15, 0.2) is 5.78 Å². The first-order valence-electron chi connectivity index (χ1n) is 3.97. The molecule has 1 nitrogen and oxygen atoms in total. The van der Waals surface area contributed by atoms with Crippen molar-refractivity contribution in [3.05, 3.63) is 24.3 Å². The Morgan fingerprint density at radius 2 is 2.27 bits per heavy atom. The van der Waals surface area contributed by atoms with Crippen LogP contribution >= 0.6 is 0 Å². The summed E-state index contributed by atoms with van der Waals surface area (Å²) in [6, 6.07) is 0. The van der Waals surface area contributed by atoms with Crippen LogP contribution in [-0.4, -0.2) is 5.78 Å². The van der Waals surface area contributed by atoms with Crippen molar-refractivity contribution in [3.63, 3.8) is 0 Å². The second-order valence-corrected chi connectivity index (χ2v) is 3.31. The molecule has 0 amide bonds. The summed E-state index contributed by atoms with van der Waals surface area (Å²) in [5.74, 6) is 0.636. The molecule has 0 unspecified atom stereocenters. The Morgan fingerprint density at radius 3 is 2.73 bits per heavy atom. The van der Waals surface area contributed by atoms with Gasteiger partial charge in [-0.2, -0.15) is 0 Å². The van der Waals surface area contributed by atoms with Gasteiger partial charge >= 0.3 is 0 Å². The van der Waals surface area contributed by atoms with Crippen molar-refractivity contribution >= 4 is 5.78 Å². The summed E-state index contributed by atoms with van der Waals surface area (Å²) in [5, 5.41) is 0. The van der Waals surface area contributed by atoms with Gasteiger partial charge in [0.05, 0.1) is 0 Å². The minimum absolute atomic E-state index is 0.226. The molecule has 1 fully saturated rings. The van der Waals surface area contributed by atoms with Crippen molar-refractivity contribution in [2.24, 2.45) is 5.92 Å². The molecule has 1 aliphatic rings. The van der Waals surface area contributed by atoms with Crippen LogP contribution in [0.25, 0.3) is 0 Å². The molecule has 0 radical (unpaired) electrons. The number of hydrogen-bond acceptors (Lipinski definition) is 1. The molecular weight excluding hydrogens is 136 g/mol. The first-order chi connectivity index (χ1) is 5.11. The summed E-state index contributed by atoms with van der Waals surface area (Å²) in [6.07, 6.45) is 2.55. The van der Waals surface area contributed by atoms with E-state index in [1.807, 2.05) is 6.92 Å². The standard InChI is InChI=1S/C10H14O/c1-7(2)9-5-4-8(3)10(11)6-9/h9H,1,3-6H2,2H3/t9-/m1/s1. The van der Waals surface area contributed by atoms with E-state index in [2.05, 4.69) is 13.2 Å². The molecule has 1 rings (SSSR count). The largest absolute Gasteiger partial charge is 0.295 e. The van der Waals surface area contributed by atoms with E-state index in [4.69, 9.17) is 0 Å². The van der Waals surface area contributed by atoms with Crippen molar-refractivity contribution in [1.82, 2.24) is 0 Å². The number of carbonyl (C=O) groups is 1. The van der Waals surface area contributed by atoms with E-state index >= 15 is 0 Å². The van der Waals surface area contributed by atoms with Crippen molar-refractivity contribution in [2.45, 2.75) is 26.2 Å². The molecule has 0 saturated heterocycles. The smallest absolute Gasteiger partial charge is 0.158 e. The van der Waals surface area contributed by atoms with E-state index in [0.717, 1.165) is 24.0 Å². The SMILES string of the molecule is C=C1CC[C@@H](C(=C)C)CC1=O. The third-order valence-corrected chi connectivity index (χ3v) is 2.32. The highest BCUT2D eigenvalue weighted by Gasteiger charge is 2.22. The Bertz CT molecular complexity index is 213. The minimum atomic E-state index is 0.226. The minimum Gasteiger partial charge on any atom is -0.295 e. The maximum Gasteiger partial charge on any atom is 0.158 e. The van der Waals surface area contributed by atoms with Gasteiger partial charge in [-0.05, 0) is 31.3 Å². The second-order valence-electron chi connectivity index (χ2n) is 3.31. The summed E-state index contributed by atoms with van der Waals surface area (Å²) < 4.78 is 0. The van der Waals surface area contributed by atoms with Gasteiger partial charge in [0.1, 0.15) is 0 Å². The molecule has 0 N–H and O–H groups in total. The fraction of sp³-hybridized carbons (Fsp3) is 0.500. The zero-order valence-corrected chi connectivity index (χ0v) is 7.02. The third kappa shape index (κ3) is 1.79. The van der Waals surface area contributed by atoms with Crippen LogP contribution in [0, 0.1) is 5.92 Å². The molecule has 1 saturated carbocycles. The van der Waals surface area contributed by atoms with Gasteiger partial charge < -0.3 is 0 Å². The lowest BCUT2D eigenvalue weighted by Gasteiger charge is -2.22. The number of rotatable bonds is 1. The third-order valence-electron chi connectivity index (χ3n) is 2.32. The average molecular weight is 150 g/mol. The highest BCUT2D eigenvalue weighted by atomic mass is 16.1. The first-order valence-corrected chi connectivity index (χ1v) is 3.97. The highest BCUT2D eigenvalue weighted by Crippen LogP contribution is 2.28. The zero-order chi connectivity index (χ0) is 8.43. The summed E-state index contributed by atoms with van der Waals surface area (Å²) in [7, 11) is 0. The molecule has 60 valence electrons. The number of Topliss-reactive ketones (excluding diaryl/α,β-unsaturated/α-hetero) is 1. The molecule has 0 aromatic carbocycles. The topological polar surface area (TPSA) is 17.1 Å². The predicted molar refractivity (Wildman–Crippen MR) is 46.3 cm³/mol. The molecule has 0 aliphatic heterocycles. The number of carbonyl (C=O) groups excluding carboxylic acids is 1. The summed E-state index contributed by atoms with van der Waals surface area (Å²) in [4.78, 5) is 11.2. The molecule has 0 spiro atoms. The Morgan fingerprint density at radius 1 is 1.64 bits per heavy atom. The van der Waals surface area contributed by atoms with Gasteiger partial charge in [0, 0.05) is 6.42 Å². The van der Waals surface area contributed by atoms with Gasteiger partial charge in [0.25, 0.3) is 0 Å². The Balaban J connectivity index is 2.60. The molecule has 1 atom stereocenters. The summed E-state index contributed by atoms with van der Waals surface area (Å²) in [5.41, 5.74) is 1.92. The van der Waals surface area contributed by atoms with Crippen LogP contribution in [0.15, 0.2) is 24.3 Å². The van der Waals surface area contributed by atoms with Crippen LogP contribution in [-0.2, 0) is 4.79 Å². The number of allylic oxidation sites excluding steroid dienone is 2. The Hall–Kier alpha value is -0.850. The van der Waals surface area contributed by atoms with Crippen LogP contribution in [0.4, 0.5) is 0 Å². The summed E-state index contributed by atoms with van der Waals surface area (Å²) in [6.45, 7) is 9.56. The fourth-order valence-electron chi connectivity index (χ4n) is 1.38. The molecule has 0 heterocycles. The van der Waals surface area contributed by atoms with E-state index in [0.29, 0.717) is 12.3 Å².